The summed E-state index contributed by atoms with van der Waals surface area (Å²) in [5.41, 5.74) is 2.25. The van der Waals surface area contributed by atoms with Crippen LogP contribution in [0.4, 0.5) is 24.7 Å². The van der Waals surface area contributed by atoms with Crippen LogP contribution in [0.15, 0.2) is 42.6 Å². The molecule has 3 rings (SSSR count). The summed E-state index contributed by atoms with van der Waals surface area (Å²) in [4.78, 5) is 17.9. The van der Waals surface area contributed by atoms with Gasteiger partial charge in [0, 0.05) is 25.0 Å². The van der Waals surface area contributed by atoms with Crippen molar-refractivity contribution < 1.29 is 18.0 Å². The normalized spacial score (nSPS) is 17.5. The first-order chi connectivity index (χ1) is 13.3. The van der Waals surface area contributed by atoms with Gasteiger partial charge in [0.2, 0.25) is 0 Å². The minimum atomic E-state index is -4.15. The van der Waals surface area contributed by atoms with Crippen LogP contribution in [0.2, 0.25) is 0 Å². The Morgan fingerprint density at radius 1 is 1.21 bits per heavy atom. The number of halogens is 3. The lowest BCUT2D eigenvalue weighted by Gasteiger charge is -2.18. The summed E-state index contributed by atoms with van der Waals surface area (Å²) in [6, 6.07) is 10.9. The second-order valence-corrected chi connectivity index (χ2v) is 7.14. The Balaban J connectivity index is 1.47. The molecule has 0 aliphatic carbocycles. The summed E-state index contributed by atoms with van der Waals surface area (Å²) in [5.74, 6) is 0.497. The maximum absolute atomic E-state index is 12.4. The van der Waals surface area contributed by atoms with E-state index in [0.29, 0.717) is 36.7 Å². The van der Waals surface area contributed by atoms with E-state index in [2.05, 4.69) is 15.6 Å². The number of pyridine rings is 1. The van der Waals surface area contributed by atoms with Crippen LogP contribution in [0.1, 0.15) is 22.3 Å². The van der Waals surface area contributed by atoms with E-state index in [4.69, 9.17) is 0 Å². The van der Waals surface area contributed by atoms with E-state index < -0.39 is 12.7 Å². The molecule has 2 N–H and O–H groups in total. The highest BCUT2D eigenvalue weighted by Gasteiger charge is 2.34. The van der Waals surface area contributed by atoms with Gasteiger partial charge in [0.25, 0.3) is 5.91 Å². The smallest absolute Gasteiger partial charge is 0.370 e. The summed E-state index contributed by atoms with van der Waals surface area (Å²) >= 11 is 0. The van der Waals surface area contributed by atoms with Crippen molar-refractivity contribution in [2.45, 2.75) is 19.5 Å². The molecule has 0 spiro atoms. The minimum Gasteiger partial charge on any atom is -0.370 e. The van der Waals surface area contributed by atoms with Gasteiger partial charge in [-0.3, -0.25) is 9.69 Å². The van der Waals surface area contributed by atoms with Crippen molar-refractivity contribution in [1.82, 2.24) is 9.88 Å². The average molecular weight is 392 g/mol. The molecule has 1 atom stereocenters. The number of benzene rings is 1. The van der Waals surface area contributed by atoms with Gasteiger partial charge in [-0.15, -0.1) is 0 Å². The first kappa shape index (κ1) is 20.1. The lowest BCUT2D eigenvalue weighted by Crippen LogP contribution is -2.33. The average Bonchev–Trinajstić information content (AvgIpc) is 3.08. The highest BCUT2D eigenvalue weighted by Crippen LogP contribution is 2.23. The van der Waals surface area contributed by atoms with Crippen molar-refractivity contribution in [1.29, 1.82) is 0 Å². The number of alkyl halides is 3. The van der Waals surface area contributed by atoms with Gasteiger partial charge in [0.05, 0.1) is 12.1 Å². The molecule has 1 amide bonds. The first-order valence-corrected chi connectivity index (χ1v) is 9.15. The van der Waals surface area contributed by atoms with Gasteiger partial charge in [-0.05, 0) is 50.1 Å². The second-order valence-electron chi connectivity index (χ2n) is 7.14. The standard InChI is InChI=1S/C20H23F3N4O/c1-14-2-5-17(6-3-14)26-19(28)16-4-7-18(25-11-16)24-10-15-8-9-27(12-15)13-20(21,22)23/h2-7,11,15H,8-10,12-13H2,1H3,(H,24,25)(H,26,28). The van der Waals surface area contributed by atoms with Crippen molar-refractivity contribution in [2.24, 2.45) is 5.92 Å². The molecule has 0 saturated carbocycles. The zero-order chi connectivity index (χ0) is 20.1. The fourth-order valence-electron chi connectivity index (χ4n) is 3.20. The van der Waals surface area contributed by atoms with Crippen LogP contribution in [0.25, 0.3) is 0 Å². The van der Waals surface area contributed by atoms with E-state index >= 15 is 0 Å². The van der Waals surface area contributed by atoms with Crippen LogP contribution in [-0.2, 0) is 0 Å². The monoisotopic (exact) mass is 392 g/mol. The Morgan fingerprint density at radius 3 is 2.61 bits per heavy atom. The number of nitrogens with zero attached hydrogens (tertiary/aromatic N) is 2. The van der Waals surface area contributed by atoms with Gasteiger partial charge < -0.3 is 10.6 Å². The molecule has 1 aromatic heterocycles. The summed E-state index contributed by atoms with van der Waals surface area (Å²) in [6.07, 6.45) is -1.95. The summed E-state index contributed by atoms with van der Waals surface area (Å²) < 4.78 is 37.3. The molecular weight excluding hydrogens is 369 g/mol. The number of carbonyl (C=O) groups is 1. The Labute approximate surface area is 162 Å². The summed E-state index contributed by atoms with van der Waals surface area (Å²) in [7, 11) is 0. The molecule has 0 radical (unpaired) electrons. The topological polar surface area (TPSA) is 57.3 Å². The molecule has 2 aromatic rings. The fourth-order valence-corrected chi connectivity index (χ4v) is 3.20. The lowest BCUT2D eigenvalue weighted by molar-refractivity contribution is -0.143. The molecule has 0 bridgehead atoms. The van der Waals surface area contributed by atoms with Crippen LogP contribution < -0.4 is 10.6 Å². The van der Waals surface area contributed by atoms with Gasteiger partial charge in [0.1, 0.15) is 5.82 Å². The number of anilines is 2. The predicted octanol–water partition coefficient (Wildman–Crippen LogP) is 3.94. The SMILES string of the molecule is Cc1ccc(NC(=O)c2ccc(NCC3CCN(CC(F)(F)F)C3)nc2)cc1. The zero-order valence-electron chi connectivity index (χ0n) is 15.6. The number of hydrogen-bond donors (Lipinski definition) is 2. The molecule has 2 heterocycles. The summed E-state index contributed by atoms with van der Waals surface area (Å²) in [5, 5.41) is 5.95. The van der Waals surface area contributed by atoms with Gasteiger partial charge in [-0.2, -0.15) is 13.2 Å². The Kier molecular flexibility index (Phi) is 6.18. The number of amides is 1. The van der Waals surface area contributed by atoms with Crippen LogP contribution in [-0.4, -0.2) is 48.1 Å². The number of hydrogen-bond acceptors (Lipinski definition) is 4. The Morgan fingerprint density at radius 2 is 1.96 bits per heavy atom. The van der Waals surface area contributed by atoms with E-state index in [0.717, 1.165) is 12.0 Å². The van der Waals surface area contributed by atoms with Gasteiger partial charge in [-0.25, -0.2) is 4.98 Å². The lowest BCUT2D eigenvalue weighted by atomic mass is 10.1. The van der Waals surface area contributed by atoms with Crippen molar-refractivity contribution in [3.63, 3.8) is 0 Å². The molecule has 28 heavy (non-hydrogen) atoms. The molecule has 150 valence electrons. The molecule has 5 nitrogen and oxygen atoms in total. The summed E-state index contributed by atoms with van der Waals surface area (Å²) in [6.45, 7) is 2.55. The first-order valence-electron chi connectivity index (χ1n) is 9.15. The minimum absolute atomic E-state index is 0.147. The Bertz CT molecular complexity index is 791. The van der Waals surface area contributed by atoms with Gasteiger partial charge in [-0.1, -0.05) is 17.7 Å². The van der Waals surface area contributed by atoms with Gasteiger partial charge >= 0.3 is 6.18 Å². The third-order valence-corrected chi connectivity index (χ3v) is 4.68. The molecule has 1 aromatic carbocycles. The van der Waals surface area contributed by atoms with E-state index in [1.54, 1.807) is 12.1 Å². The van der Waals surface area contributed by atoms with Crippen LogP contribution in [0, 0.1) is 12.8 Å². The predicted molar refractivity (Wildman–Crippen MR) is 102 cm³/mol. The van der Waals surface area contributed by atoms with E-state index in [-0.39, 0.29) is 11.8 Å². The number of nitrogens with one attached hydrogen (secondary N) is 2. The maximum Gasteiger partial charge on any atom is 0.401 e. The Hall–Kier alpha value is -2.61. The molecule has 1 fully saturated rings. The second kappa shape index (κ2) is 8.60. The van der Waals surface area contributed by atoms with E-state index in [1.165, 1.54) is 11.1 Å². The number of carbonyl (C=O) groups excluding carboxylic acids is 1. The van der Waals surface area contributed by atoms with Crippen LogP contribution in [0.5, 0.6) is 0 Å². The van der Waals surface area contributed by atoms with Crippen LogP contribution >= 0.6 is 0 Å². The molecular formula is C20H23F3N4O. The van der Waals surface area contributed by atoms with Crippen LogP contribution in [0.3, 0.4) is 0 Å². The molecule has 1 aliphatic rings. The largest absolute Gasteiger partial charge is 0.401 e. The zero-order valence-corrected chi connectivity index (χ0v) is 15.6. The number of rotatable bonds is 6. The fraction of sp³-hybridized carbons (Fsp3) is 0.400. The highest BCUT2D eigenvalue weighted by atomic mass is 19.4. The molecule has 1 saturated heterocycles. The molecule has 8 heteroatoms. The number of likely N-dealkylation sites (tertiary alicyclic amines) is 1. The number of aryl methyl sites for hydroxylation is 1. The van der Waals surface area contributed by atoms with Gasteiger partial charge in [0.15, 0.2) is 0 Å². The van der Waals surface area contributed by atoms with Crippen molar-refractivity contribution >= 4 is 17.4 Å². The van der Waals surface area contributed by atoms with Crippen molar-refractivity contribution in [2.75, 3.05) is 36.8 Å². The highest BCUT2D eigenvalue weighted by molar-refractivity contribution is 6.04. The number of aromatic nitrogens is 1. The third-order valence-electron chi connectivity index (χ3n) is 4.68. The van der Waals surface area contributed by atoms with Crippen molar-refractivity contribution in [3.8, 4) is 0 Å². The van der Waals surface area contributed by atoms with E-state index in [1.807, 2.05) is 31.2 Å². The maximum atomic E-state index is 12.4. The van der Waals surface area contributed by atoms with Crippen molar-refractivity contribution in [3.05, 3.63) is 53.7 Å². The van der Waals surface area contributed by atoms with E-state index in [9.17, 15) is 18.0 Å². The quantitative estimate of drug-likeness (QED) is 0.782. The molecule has 1 unspecified atom stereocenters. The molecule has 1 aliphatic heterocycles. The third kappa shape index (κ3) is 5.95.